The van der Waals surface area contributed by atoms with E-state index in [1.54, 1.807) is 18.2 Å². The number of halogens is 4. The van der Waals surface area contributed by atoms with Gasteiger partial charge in [0, 0.05) is 33.8 Å². The molecular weight excluding hydrogens is 486 g/mol. The number of thioether (sulfide) groups is 1. The van der Waals surface area contributed by atoms with Crippen molar-refractivity contribution >= 4 is 17.7 Å². The third-order valence-electron chi connectivity index (χ3n) is 4.68. The van der Waals surface area contributed by atoms with E-state index < -0.39 is 23.8 Å². The van der Waals surface area contributed by atoms with Crippen LogP contribution in [0, 0.1) is 17.7 Å². The van der Waals surface area contributed by atoms with Gasteiger partial charge < -0.3 is 14.8 Å². The van der Waals surface area contributed by atoms with E-state index in [9.17, 15) is 22.4 Å². The Morgan fingerprint density at radius 2 is 2.11 bits per heavy atom. The van der Waals surface area contributed by atoms with Crippen molar-refractivity contribution in [2.75, 3.05) is 6.61 Å². The molecule has 3 aromatic rings. The number of carbonyl (C=O) groups excluding carboxylic acids is 1. The standard InChI is InChI=1S/C24H17F4N3O3S/c25-19-9-15(10-20-18(19)12-33-13-21(26)35-20)23(32)30-11-17-8-14(6-7-29-17)4-5-16-2-1-3-22(31-16)34-24(27)28/h1-3,6-10,21,24H,11-13H2,(H,30,32)/t21-/m1/s1. The van der Waals surface area contributed by atoms with Crippen LogP contribution in [-0.4, -0.2) is 34.6 Å². The average molecular weight is 503 g/mol. The van der Waals surface area contributed by atoms with Gasteiger partial charge in [0.25, 0.3) is 5.91 Å². The average Bonchev–Trinajstić information content (AvgIpc) is 3.02. The van der Waals surface area contributed by atoms with Crippen molar-refractivity contribution < 1.29 is 31.8 Å². The highest BCUT2D eigenvalue weighted by Gasteiger charge is 2.22. The summed E-state index contributed by atoms with van der Waals surface area (Å²) in [6, 6.07) is 10.1. The number of pyridine rings is 2. The first-order valence-electron chi connectivity index (χ1n) is 10.3. The number of benzene rings is 1. The number of alkyl halides is 3. The molecule has 0 bridgehead atoms. The monoisotopic (exact) mass is 503 g/mol. The van der Waals surface area contributed by atoms with Crippen LogP contribution in [0.1, 0.15) is 32.9 Å². The van der Waals surface area contributed by atoms with E-state index in [1.807, 2.05) is 0 Å². The molecule has 1 aliphatic heterocycles. The van der Waals surface area contributed by atoms with Crippen molar-refractivity contribution in [1.29, 1.82) is 0 Å². The summed E-state index contributed by atoms with van der Waals surface area (Å²) >= 11 is 0.813. The SMILES string of the molecule is O=C(NCc1cc(C#Cc2cccc(OC(F)F)n2)ccn1)c1cc(F)c2c(c1)S[C@@H](F)COC2. The summed E-state index contributed by atoms with van der Waals surface area (Å²) < 4.78 is 62.3. The Morgan fingerprint density at radius 1 is 1.26 bits per heavy atom. The van der Waals surface area contributed by atoms with E-state index >= 15 is 0 Å². The van der Waals surface area contributed by atoms with E-state index in [2.05, 4.69) is 31.9 Å². The molecule has 2 aromatic heterocycles. The minimum atomic E-state index is -2.99. The van der Waals surface area contributed by atoms with Gasteiger partial charge in [0.15, 0.2) is 5.50 Å². The summed E-state index contributed by atoms with van der Waals surface area (Å²) in [4.78, 5) is 21.0. The molecule has 1 amide bonds. The van der Waals surface area contributed by atoms with Crippen LogP contribution in [0.4, 0.5) is 17.6 Å². The normalized spacial score (nSPS) is 14.9. The number of amides is 1. The van der Waals surface area contributed by atoms with E-state index in [1.165, 1.54) is 24.4 Å². The van der Waals surface area contributed by atoms with Crippen LogP contribution in [0.5, 0.6) is 5.88 Å². The number of carbonyl (C=O) groups is 1. The maximum absolute atomic E-state index is 14.5. The van der Waals surface area contributed by atoms with Crippen molar-refractivity contribution in [3.8, 4) is 17.7 Å². The molecule has 0 aliphatic carbocycles. The Morgan fingerprint density at radius 3 is 2.94 bits per heavy atom. The number of ether oxygens (including phenoxy) is 2. The lowest BCUT2D eigenvalue weighted by Crippen LogP contribution is -2.23. The highest BCUT2D eigenvalue weighted by atomic mass is 32.2. The fourth-order valence-corrected chi connectivity index (χ4v) is 4.05. The number of hydrogen-bond donors (Lipinski definition) is 1. The predicted octanol–water partition coefficient (Wildman–Crippen LogP) is 4.46. The van der Waals surface area contributed by atoms with Gasteiger partial charge in [-0.3, -0.25) is 9.78 Å². The fraction of sp³-hybridized carbons (Fsp3) is 0.208. The Bertz CT molecular complexity index is 1300. The number of aromatic nitrogens is 2. The van der Waals surface area contributed by atoms with Gasteiger partial charge in [-0.2, -0.15) is 8.78 Å². The molecule has 180 valence electrons. The van der Waals surface area contributed by atoms with Crippen LogP contribution in [0.25, 0.3) is 0 Å². The summed E-state index contributed by atoms with van der Waals surface area (Å²) in [6.45, 7) is -3.17. The molecule has 1 aliphatic rings. The Kier molecular flexibility index (Phi) is 7.84. The molecule has 4 rings (SSSR count). The lowest BCUT2D eigenvalue weighted by Gasteiger charge is -2.10. The number of nitrogens with zero attached hydrogens (tertiary/aromatic N) is 2. The Labute approximate surface area is 202 Å². The third-order valence-corrected chi connectivity index (χ3v) is 5.69. The second-order valence-electron chi connectivity index (χ2n) is 7.19. The summed E-state index contributed by atoms with van der Waals surface area (Å²) in [5, 5.41) is 2.65. The van der Waals surface area contributed by atoms with Gasteiger partial charge in [0.1, 0.15) is 11.5 Å². The van der Waals surface area contributed by atoms with E-state index in [-0.39, 0.29) is 42.5 Å². The molecule has 0 fully saturated rings. The van der Waals surface area contributed by atoms with Gasteiger partial charge in [0.2, 0.25) is 5.88 Å². The maximum atomic E-state index is 14.5. The van der Waals surface area contributed by atoms with Gasteiger partial charge in [0.05, 0.1) is 25.5 Å². The predicted molar refractivity (Wildman–Crippen MR) is 119 cm³/mol. The van der Waals surface area contributed by atoms with Gasteiger partial charge in [-0.25, -0.2) is 13.8 Å². The van der Waals surface area contributed by atoms with Crippen LogP contribution >= 0.6 is 11.8 Å². The second kappa shape index (κ2) is 11.2. The molecule has 0 spiro atoms. The molecule has 0 unspecified atom stereocenters. The molecule has 3 heterocycles. The molecular formula is C24H17F4N3O3S. The first kappa shape index (κ1) is 24.5. The highest BCUT2D eigenvalue weighted by Crippen LogP contribution is 2.34. The first-order valence-corrected chi connectivity index (χ1v) is 11.1. The molecule has 0 saturated heterocycles. The largest absolute Gasteiger partial charge is 0.417 e. The van der Waals surface area contributed by atoms with Crippen LogP contribution < -0.4 is 10.1 Å². The zero-order valence-corrected chi connectivity index (χ0v) is 18.8. The maximum Gasteiger partial charge on any atom is 0.388 e. The molecule has 1 aromatic carbocycles. The molecule has 35 heavy (non-hydrogen) atoms. The summed E-state index contributed by atoms with van der Waals surface area (Å²) in [6.07, 6.45) is 1.50. The fourth-order valence-electron chi connectivity index (χ4n) is 3.12. The topological polar surface area (TPSA) is 73.3 Å². The lowest BCUT2D eigenvalue weighted by atomic mass is 10.1. The number of hydrogen-bond acceptors (Lipinski definition) is 6. The van der Waals surface area contributed by atoms with Gasteiger partial charge in [-0.15, -0.1) is 0 Å². The second-order valence-corrected chi connectivity index (χ2v) is 8.37. The molecule has 1 N–H and O–H groups in total. The van der Waals surface area contributed by atoms with Crippen molar-refractivity contribution in [3.05, 3.63) is 82.6 Å². The van der Waals surface area contributed by atoms with E-state index in [0.29, 0.717) is 16.2 Å². The van der Waals surface area contributed by atoms with Crippen molar-refractivity contribution in [3.63, 3.8) is 0 Å². The van der Waals surface area contributed by atoms with Crippen LogP contribution in [0.15, 0.2) is 53.6 Å². The van der Waals surface area contributed by atoms with Gasteiger partial charge >= 0.3 is 6.61 Å². The summed E-state index contributed by atoms with van der Waals surface area (Å²) in [5.41, 5.74) is 0.189. The molecule has 6 nitrogen and oxygen atoms in total. The highest BCUT2D eigenvalue weighted by molar-refractivity contribution is 7.99. The third kappa shape index (κ3) is 6.71. The van der Waals surface area contributed by atoms with Crippen molar-refractivity contribution in [2.45, 2.75) is 30.2 Å². The first-order chi connectivity index (χ1) is 16.9. The molecule has 11 heteroatoms. The van der Waals surface area contributed by atoms with Crippen molar-refractivity contribution in [2.24, 2.45) is 0 Å². The minimum absolute atomic E-state index is 0.0327. The summed E-state index contributed by atoms with van der Waals surface area (Å²) in [7, 11) is 0. The minimum Gasteiger partial charge on any atom is -0.417 e. The van der Waals surface area contributed by atoms with Crippen LogP contribution in [-0.2, 0) is 17.9 Å². The molecule has 1 atom stereocenters. The lowest BCUT2D eigenvalue weighted by molar-refractivity contribution is -0.0528. The van der Waals surface area contributed by atoms with E-state index in [0.717, 1.165) is 17.8 Å². The quantitative estimate of drug-likeness (QED) is 0.409. The summed E-state index contributed by atoms with van der Waals surface area (Å²) in [5.74, 6) is 4.16. The van der Waals surface area contributed by atoms with Gasteiger partial charge in [-0.1, -0.05) is 23.7 Å². The Balaban J connectivity index is 1.43. The smallest absolute Gasteiger partial charge is 0.388 e. The van der Waals surface area contributed by atoms with Crippen LogP contribution in [0.3, 0.4) is 0 Å². The number of nitrogens with one attached hydrogen (secondary N) is 1. The van der Waals surface area contributed by atoms with Crippen LogP contribution in [0.2, 0.25) is 0 Å². The zero-order valence-electron chi connectivity index (χ0n) is 17.9. The van der Waals surface area contributed by atoms with Crippen molar-refractivity contribution in [1.82, 2.24) is 15.3 Å². The zero-order chi connectivity index (χ0) is 24.8. The molecule has 0 saturated carbocycles. The van der Waals surface area contributed by atoms with E-state index in [4.69, 9.17) is 4.74 Å². The van der Waals surface area contributed by atoms with Gasteiger partial charge in [-0.05, 0) is 36.3 Å². The number of fused-ring (bicyclic) bond motifs is 1. The Hall–Kier alpha value is -3.62. The molecule has 0 radical (unpaired) electrons. The number of rotatable bonds is 5.